The molecular formula is C18H38N2O. The second kappa shape index (κ2) is 6.97. The first-order valence-corrected chi connectivity index (χ1v) is 8.63. The number of hydrogen-bond acceptors (Lipinski definition) is 3. The van der Waals surface area contributed by atoms with Crippen LogP contribution in [0, 0.1) is 5.41 Å². The van der Waals surface area contributed by atoms with E-state index in [9.17, 15) is 0 Å². The molecular weight excluding hydrogens is 260 g/mol. The van der Waals surface area contributed by atoms with Gasteiger partial charge in [0.2, 0.25) is 0 Å². The molecule has 3 nitrogen and oxygen atoms in total. The van der Waals surface area contributed by atoms with Gasteiger partial charge >= 0.3 is 0 Å². The maximum absolute atomic E-state index is 6.21. The summed E-state index contributed by atoms with van der Waals surface area (Å²) >= 11 is 0. The fraction of sp³-hybridized carbons (Fsp3) is 1.00. The molecule has 1 rings (SSSR count). The summed E-state index contributed by atoms with van der Waals surface area (Å²) in [4.78, 5) is 2.61. The van der Waals surface area contributed by atoms with Gasteiger partial charge in [-0.1, -0.05) is 34.1 Å². The Labute approximate surface area is 132 Å². The molecule has 0 spiro atoms. The Morgan fingerprint density at radius 2 is 1.67 bits per heavy atom. The van der Waals surface area contributed by atoms with Crippen molar-refractivity contribution in [3.63, 3.8) is 0 Å². The molecule has 0 amide bonds. The van der Waals surface area contributed by atoms with Crippen LogP contribution >= 0.6 is 0 Å². The molecule has 1 unspecified atom stereocenters. The first-order valence-electron chi connectivity index (χ1n) is 8.63. The number of hydrogen-bond donors (Lipinski definition) is 1. The molecule has 0 bridgehead atoms. The molecule has 0 aliphatic carbocycles. The highest BCUT2D eigenvalue weighted by molar-refractivity contribution is 4.92. The zero-order valence-corrected chi connectivity index (χ0v) is 15.7. The molecule has 1 aliphatic heterocycles. The maximum atomic E-state index is 6.21. The van der Waals surface area contributed by atoms with Crippen molar-refractivity contribution in [1.29, 1.82) is 0 Å². The van der Waals surface area contributed by atoms with Gasteiger partial charge in [-0.05, 0) is 39.5 Å². The molecule has 0 aromatic carbocycles. The Bertz CT molecular complexity index is 309. The molecule has 0 saturated carbocycles. The van der Waals surface area contributed by atoms with Gasteiger partial charge in [0, 0.05) is 32.2 Å². The van der Waals surface area contributed by atoms with E-state index in [0.29, 0.717) is 11.5 Å². The van der Waals surface area contributed by atoms with Crippen LogP contribution in [0.4, 0.5) is 0 Å². The van der Waals surface area contributed by atoms with Crippen molar-refractivity contribution in [3.8, 4) is 0 Å². The van der Waals surface area contributed by atoms with Gasteiger partial charge in [-0.25, -0.2) is 0 Å². The largest absolute Gasteiger partial charge is 0.367 e. The third kappa shape index (κ3) is 6.66. The number of rotatable bonds is 7. The van der Waals surface area contributed by atoms with Crippen LogP contribution in [0.25, 0.3) is 0 Å². The minimum absolute atomic E-state index is 0.0552. The standard InChI is InChI=1S/C18H38N2O/c1-9-10-18(8,11-19-15(2)3)14-20-12-16(4,5)21-17(6,7)13-20/h15,19H,9-14H2,1-8H3. The Balaban J connectivity index is 2.73. The SMILES string of the molecule is CCCC(C)(CNC(C)C)CN1CC(C)(C)OC(C)(C)C1. The lowest BCUT2D eigenvalue weighted by atomic mass is 9.83. The van der Waals surface area contributed by atoms with E-state index in [1.165, 1.54) is 12.8 Å². The first kappa shape index (κ1) is 18.9. The molecule has 1 heterocycles. The van der Waals surface area contributed by atoms with Crippen molar-refractivity contribution < 1.29 is 4.74 Å². The van der Waals surface area contributed by atoms with Crippen LogP contribution in [0.1, 0.15) is 68.2 Å². The molecule has 126 valence electrons. The number of nitrogens with one attached hydrogen (secondary N) is 1. The van der Waals surface area contributed by atoms with E-state index >= 15 is 0 Å². The molecule has 1 fully saturated rings. The Morgan fingerprint density at radius 3 is 2.10 bits per heavy atom. The summed E-state index contributed by atoms with van der Waals surface area (Å²) in [6.45, 7) is 22.3. The summed E-state index contributed by atoms with van der Waals surface area (Å²) < 4.78 is 6.21. The molecule has 3 heteroatoms. The van der Waals surface area contributed by atoms with Crippen molar-refractivity contribution >= 4 is 0 Å². The van der Waals surface area contributed by atoms with Gasteiger partial charge in [0.1, 0.15) is 0 Å². The third-order valence-electron chi connectivity index (χ3n) is 4.16. The van der Waals surface area contributed by atoms with Crippen LogP contribution in [-0.4, -0.2) is 48.3 Å². The normalized spacial score (nSPS) is 25.0. The molecule has 1 saturated heterocycles. The monoisotopic (exact) mass is 298 g/mol. The molecule has 0 aromatic heterocycles. The van der Waals surface area contributed by atoms with E-state index in [1.807, 2.05) is 0 Å². The highest BCUT2D eigenvalue weighted by Gasteiger charge is 2.40. The van der Waals surface area contributed by atoms with E-state index in [1.54, 1.807) is 0 Å². The Kier molecular flexibility index (Phi) is 6.28. The molecule has 1 aliphatic rings. The second-order valence-electron chi connectivity index (χ2n) is 8.86. The van der Waals surface area contributed by atoms with E-state index in [2.05, 4.69) is 65.6 Å². The Hall–Kier alpha value is -0.120. The lowest BCUT2D eigenvalue weighted by Gasteiger charge is -2.49. The van der Waals surface area contributed by atoms with Gasteiger partial charge in [-0.3, -0.25) is 4.90 Å². The van der Waals surface area contributed by atoms with Gasteiger partial charge in [-0.15, -0.1) is 0 Å². The van der Waals surface area contributed by atoms with Crippen molar-refractivity contribution in [2.75, 3.05) is 26.2 Å². The van der Waals surface area contributed by atoms with Crippen LogP contribution in [0.5, 0.6) is 0 Å². The van der Waals surface area contributed by atoms with Crippen molar-refractivity contribution in [2.45, 2.75) is 85.5 Å². The van der Waals surface area contributed by atoms with Gasteiger partial charge in [0.05, 0.1) is 11.2 Å². The van der Waals surface area contributed by atoms with Crippen LogP contribution in [0.2, 0.25) is 0 Å². The minimum atomic E-state index is -0.0552. The van der Waals surface area contributed by atoms with Crippen LogP contribution < -0.4 is 5.32 Å². The fourth-order valence-electron chi connectivity index (χ4n) is 3.87. The summed E-state index contributed by atoms with van der Waals surface area (Å²) in [5.74, 6) is 0. The summed E-state index contributed by atoms with van der Waals surface area (Å²) in [5.41, 5.74) is 0.225. The number of ether oxygens (including phenoxy) is 1. The molecule has 21 heavy (non-hydrogen) atoms. The van der Waals surface area contributed by atoms with Crippen molar-refractivity contribution in [1.82, 2.24) is 10.2 Å². The summed E-state index contributed by atoms with van der Waals surface area (Å²) in [6, 6.07) is 0.554. The summed E-state index contributed by atoms with van der Waals surface area (Å²) in [6.07, 6.45) is 2.51. The average molecular weight is 299 g/mol. The summed E-state index contributed by atoms with van der Waals surface area (Å²) in [7, 11) is 0. The Morgan fingerprint density at radius 1 is 1.14 bits per heavy atom. The highest BCUT2D eigenvalue weighted by Crippen LogP contribution is 2.32. The van der Waals surface area contributed by atoms with Crippen molar-refractivity contribution in [3.05, 3.63) is 0 Å². The number of nitrogens with zero attached hydrogens (tertiary/aromatic N) is 1. The second-order valence-corrected chi connectivity index (χ2v) is 8.86. The van der Waals surface area contributed by atoms with Crippen molar-refractivity contribution in [2.24, 2.45) is 5.41 Å². The van der Waals surface area contributed by atoms with Gasteiger partial charge < -0.3 is 10.1 Å². The van der Waals surface area contributed by atoms with Gasteiger partial charge in [-0.2, -0.15) is 0 Å². The molecule has 0 radical (unpaired) electrons. The van der Waals surface area contributed by atoms with Crippen LogP contribution in [0.3, 0.4) is 0 Å². The van der Waals surface area contributed by atoms with E-state index in [-0.39, 0.29) is 11.2 Å². The van der Waals surface area contributed by atoms with Gasteiger partial charge in [0.15, 0.2) is 0 Å². The molecule has 1 N–H and O–H groups in total. The predicted octanol–water partition coefficient (Wildman–Crippen LogP) is 3.68. The lowest BCUT2D eigenvalue weighted by Crippen LogP contribution is -2.59. The highest BCUT2D eigenvalue weighted by atomic mass is 16.5. The number of morpholine rings is 1. The zero-order valence-electron chi connectivity index (χ0n) is 15.7. The first-order chi connectivity index (χ1) is 9.47. The topological polar surface area (TPSA) is 24.5 Å². The zero-order chi connectivity index (χ0) is 16.3. The molecule has 1 atom stereocenters. The van der Waals surface area contributed by atoms with Crippen LogP contribution in [-0.2, 0) is 4.74 Å². The maximum Gasteiger partial charge on any atom is 0.0760 e. The predicted molar refractivity (Wildman–Crippen MR) is 91.8 cm³/mol. The van der Waals surface area contributed by atoms with E-state index in [0.717, 1.165) is 26.2 Å². The van der Waals surface area contributed by atoms with Gasteiger partial charge in [0.25, 0.3) is 0 Å². The fourth-order valence-corrected chi connectivity index (χ4v) is 3.87. The van der Waals surface area contributed by atoms with E-state index in [4.69, 9.17) is 4.74 Å². The average Bonchev–Trinajstić information content (AvgIpc) is 2.22. The van der Waals surface area contributed by atoms with Crippen LogP contribution in [0.15, 0.2) is 0 Å². The molecule has 0 aromatic rings. The third-order valence-corrected chi connectivity index (χ3v) is 4.16. The van der Waals surface area contributed by atoms with E-state index < -0.39 is 0 Å². The minimum Gasteiger partial charge on any atom is -0.367 e. The quantitative estimate of drug-likeness (QED) is 0.776. The smallest absolute Gasteiger partial charge is 0.0760 e. The lowest BCUT2D eigenvalue weighted by molar-refractivity contribution is -0.184. The summed E-state index contributed by atoms with van der Waals surface area (Å²) in [5, 5.41) is 3.64.